The van der Waals surface area contributed by atoms with E-state index in [0.717, 1.165) is 46.1 Å². The van der Waals surface area contributed by atoms with E-state index in [0.29, 0.717) is 19.0 Å². The van der Waals surface area contributed by atoms with E-state index in [2.05, 4.69) is 43.4 Å². The molecule has 5 aromatic rings. The van der Waals surface area contributed by atoms with Crippen LogP contribution >= 0.6 is 11.3 Å². The quantitative estimate of drug-likeness (QED) is 0.259. The Morgan fingerprint density at radius 3 is 2.72 bits per heavy atom. The van der Waals surface area contributed by atoms with Crippen LogP contribution in [0.3, 0.4) is 0 Å². The molecule has 1 aliphatic heterocycles. The molecule has 200 valence electrons. The van der Waals surface area contributed by atoms with E-state index >= 15 is 0 Å². The van der Waals surface area contributed by atoms with Crippen LogP contribution in [0.4, 0.5) is 16.4 Å². The first kappa shape index (κ1) is 25.1. The summed E-state index contributed by atoms with van der Waals surface area (Å²) in [6.45, 7) is 10.1. The number of nitrogens with zero attached hydrogens (tertiary/aromatic N) is 5. The van der Waals surface area contributed by atoms with Crippen LogP contribution in [0.15, 0.2) is 55.0 Å². The first-order chi connectivity index (χ1) is 18.7. The Labute approximate surface area is 231 Å². The highest BCUT2D eigenvalue weighted by Crippen LogP contribution is 2.37. The number of nitrogens with one attached hydrogen (secondary N) is 3. The lowest BCUT2D eigenvalue weighted by molar-refractivity contribution is 0.183. The van der Waals surface area contributed by atoms with Gasteiger partial charge in [-0.3, -0.25) is 0 Å². The highest BCUT2D eigenvalue weighted by molar-refractivity contribution is 7.15. The van der Waals surface area contributed by atoms with E-state index in [1.54, 1.807) is 11.3 Å². The van der Waals surface area contributed by atoms with Gasteiger partial charge >= 0.3 is 6.03 Å². The molecule has 0 radical (unpaired) electrons. The van der Waals surface area contributed by atoms with E-state index in [1.165, 1.54) is 16.0 Å². The van der Waals surface area contributed by atoms with Gasteiger partial charge in [0, 0.05) is 59.7 Å². The monoisotopic (exact) mass is 540 g/mol. The number of urea groups is 1. The zero-order chi connectivity index (χ0) is 27.1. The summed E-state index contributed by atoms with van der Waals surface area (Å²) < 4.78 is 2.12. The lowest BCUT2D eigenvalue weighted by Gasteiger charge is -2.31. The fraction of sp³-hybridized carbons (Fsp3) is 0.310. The smallest absolute Gasteiger partial charge is 0.318 e. The number of carbonyl (C=O) groups excluding carboxylic acids is 1. The molecule has 3 N–H and O–H groups in total. The largest absolute Gasteiger partial charge is 0.346 e. The summed E-state index contributed by atoms with van der Waals surface area (Å²) in [6.07, 6.45) is 6.55. The van der Waals surface area contributed by atoms with Crippen LogP contribution in [-0.4, -0.2) is 47.5 Å². The topological polar surface area (TPSA) is 104 Å². The number of fused-ring (bicyclic) bond motifs is 2. The third-order valence-electron chi connectivity index (χ3n) is 6.77. The zero-order valence-electron chi connectivity index (χ0n) is 22.6. The van der Waals surface area contributed by atoms with Crippen LogP contribution in [0.2, 0.25) is 0 Å². The van der Waals surface area contributed by atoms with Crippen LogP contribution in [0.1, 0.15) is 42.6 Å². The molecule has 10 heteroatoms. The molecule has 0 spiro atoms. The highest BCUT2D eigenvalue weighted by atomic mass is 32.1. The third kappa shape index (κ3) is 5.37. The minimum atomic E-state index is -0.263. The van der Waals surface area contributed by atoms with Crippen molar-refractivity contribution in [2.45, 2.75) is 52.7 Å². The molecule has 0 fully saturated rings. The standard InChI is InChI=1S/C29H32N8OS/c1-18-30-12-14-36(18)16-19-5-7-21(8-6-19)32-27-33-25(22-9-11-31-26(22)34-27)24-15-20-17-37(13-10-23(20)39-24)28(38)35-29(2,3)4/h5-9,11-12,14-15H,10,13,16-17H2,1-4H3,(H,35,38)(H2,31,32,33,34). The Bertz CT molecular complexity index is 1640. The van der Waals surface area contributed by atoms with Crippen LogP contribution in [0.25, 0.3) is 21.6 Å². The minimum absolute atomic E-state index is 0.0198. The van der Waals surface area contributed by atoms with Gasteiger partial charge in [-0.15, -0.1) is 11.3 Å². The second kappa shape index (κ2) is 9.85. The van der Waals surface area contributed by atoms with Crippen molar-refractivity contribution in [3.05, 3.63) is 76.8 Å². The van der Waals surface area contributed by atoms with Crippen LogP contribution in [0.5, 0.6) is 0 Å². The Balaban J connectivity index is 1.23. The Morgan fingerprint density at radius 2 is 1.97 bits per heavy atom. The Kier molecular flexibility index (Phi) is 6.34. The SMILES string of the molecule is Cc1nccn1Cc1ccc(Nc2nc(-c3cc4c(s3)CCN(C(=O)NC(C)(C)C)C4)c3cc[nH]c3n2)cc1. The second-order valence-corrected chi connectivity index (χ2v) is 12.1. The first-order valence-corrected chi connectivity index (χ1v) is 13.9. The van der Waals surface area contributed by atoms with Gasteiger partial charge in [-0.25, -0.2) is 14.8 Å². The lowest BCUT2D eigenvalue weighted by atomic mass is 10.1. The van der Waals surface area contributed by atoms with Crippen molar-refractivity contribution in [1.29, 1.82) is 0 Å². The van der Waals surface area contributed by atoms with Crippen LogP contribution in [-0.2, 0) is 19.5 Å². The molecule has 0 saturated heterocycles. The molecule has 0 bridgehead atoms. The van der Waals surface area contributed by atoms with E-state index in [4.69, 9.17) is 9.97 Å². The van der Waals surface area contributed by atoms with E-state index in [9.17, 15) is 4.79 Å². The average Bonchev–Trinajstić information content (AvgIpc) is 3.63. The van der Waals surface area contributed by atoms with Crippen molar-refractivity contribution in [3.63, 3.8) is 0 Å². The number of anilines is 2. The van der Waals surface area contributed by atoms with E-state index in [1.807, 2.05) is 69.4 Å². The molecule has 0 unspecified atom stereocenters. The number of aromatic nitrogens is 5. The number of amides is 2. The van der Waals surface area contributed by atoms with Gasteiger partial charge < -0.3 is 25.1 Å². The number of thiophene rings is 1. The molecular formula is C29H32N8OS. The molecule has 4 aromatic heterocycles. The van der Waals surface area contributed by atoms with Crippen molar-refractivity contribution in [1.82, 2.24) is 34.7 Å². The number of carbonyl (C=O) groups is 1. The van der Waals surface area contributed by atoms with Gasteiger partial charge in [0.2, 0.25) is 5.95 Å². The summed E-state index contributed by atoms with van der Waals surface area (Å²) in [5.41, 5.74) is 4.71. The number of H-pyrrole nitrogens is 1. The van der Waals surface area contributed by atoms with Crippen molar-refractivity contribution >= 4 is 40.0 Å². The number of aryl methyl sites for hydroxylation is 1. The van der Waals surface area contributed by atoms with Crippen molar-refractivity contribution in [2.75, 3.05) is 11.9 Å². The number of imidazole rings is 1. The molecule has 0 saturated carbocycles. The van der Waals surface area contributed by atoms with Gasteiger partial charge in [0.25, 0.3) is 0 Å². The molecular weight excluding hydrogens is 508 g/mol. The van der Waals surface area contributed by atoms with Crippen LogP contribution < -0.4 is 10.6 Å². The molecule has 1 aliphatic rings. The molecule has 39 heavy (non-hydrogen) atoms. The number of aromatic amines is 1. The molecule has 1 aromatic carbocycles. The van der Waals surface area contributed by atoms with Gasteiger partial charge in [-0.2, -0.15) is 4.98 Å². The zero-order valence-corrected chi connectivity index (χ0v) is 23.4. The summed E-state index contributed by atoms with van der Waals surface area (Å²) in [4.78, 5) is 34.2. The molecule has 9 nitrogen and oxygen atoms in total. The highest BCUT2D eigenvalue weighted by Gasteiger charge is 2.26. The van der Waals surface area contributed by atoms with Gasteiger partial charge in [0.15, 0.2) is 0 Å². The molecule has 0 atom stereocenters. The first-order valence-electron chi connectivity index (χ1n) is 13.1. The summed E-state index contributed by atoms with van der Waals surface area (Å²) in [5.74, 6) is 1.53. The summed E-state index contributed by atoms with van der Waals surface area (Å²) in [7, 11) is 0. The maximum absolute atomic E-state index is 12.8. The maximum Gasteiger partial charge on any atom is 0.318 e. The second-order valence-electron chi connectivity index (χ2n) is 11.0. The van der Waals surface area contributed by atoms with Crippen molar-refractivity contribution < 1.29 is 4.79 Å². The van der Waals surface area contributed by atoms with Gasteiger partial charge in [-0.1, -0.05) is 12.1 Å². The van der Waals surface area contributed by atoms with Gasteiger partial charge in [-0.05, 0) is 69.5 Å². The maximum atomic E-state index is 12.8. The van der Waals surface area contributed by atoms with Crippen molar-refractivity contribution in [3.8, 4) is 10.6 Å². The molecule has 0 aliphatic carbocycles. The predicted molar refractivity (Wildman–Crippen MR) is 155 cm³/mol. The molecule has 2 amide bonds. The van der Waals surface area contributed by atoms with E-state index in [-0.39, 0.29) is 11.6 Å². The lowest BCUT2D eigenvalue weighted by Crippen LogP contribution is -2.49. The minimum Gasteiger partial charge on any atom is -0.346 e. The molecule has 5 heterocycles. The average molecular weight is 541 g/mol. The normalized spacial score (nSPS) is 13.5. The Morgan fingerprint density at radius 1 is 1.15 bits per heavy atom. The number of rotatable bonds is 5. The summed E-state index contributed by atoms with van der Waals surface area (Å²) >= 11 is 1.76. The van der Waals surface area contributed by atoms with E-state index < -0.39 is 0 Å². The summed E-state index contributed by atoms with van der Waals surface area (Å²) in [5, 5.41) is 7.44. The fourth-order valence-corrected chi connectivity index (χ4v) is 5.96. The van der Waals surface area contributed by atoms with Gasteiger partial charge in [0.1, 0.15) is 11.5 Å². The predicted octanol–water partition coefficient (Wildman–Crippen LogP) is 5.85. The van der Waals surface area contributed by atoms with Crippen molar-refractivity contribution in [2.24, 2.45) is 0 Å². The third-order valence-corrected chi connectivity index (χ3v) is 8.02. The summed E-state index contributed by atoms with van der Waals surface area (Å²) in [6, 6.07) is 12.5. The Hall–Kier alpha value is -4.18. The number of hydrogen-bond acceptors (Lipinski definition) is 6. The number of hydrogen-bond donors (Lipinski definition) is 3. The van der Waals surface area contributed by atoms with Gasteiger partial charge in [0.05, 0.1) is 10.6 Å². The number of benzene rings is 1. The molecule has 6 rings (SSSR count). The fourth-order valence-electron chi connectivity index (χ4n) is 4.80. The van der Waals surface area contributed by atoms with Crippen LogP contribution in [0, 0.1) is 6.92 Å².